The topological polar surface area (TPSA) is 55.3 Å². The van der Waals surface area contributed by atoms with Crippen LogP contribution < -0.4 is 9.64 Å². The number of nitrogens with zero attached hydrogens (tertiary/aromatic N) is 3. The minimum Gasteiger partial charge on any atom is -0.478 e. The van der Waals surface area contributed by atoms with Crippen molar-refractivity contribution in [3.05, 3.63) is 84.1 Å². The van der Waals surface area contributed by atoms with Crippen molar-refractivity contribution in [3.63, 3.8) is 0 Å². The highest BCUT2D eigenvalue weighted by molar-refractivity contribution is 7.22. The number of ether oxygens (including phenoxy) is 1. The van der Waals surface area contributed by atoms with Crippen molar-refractivity contribution in [2.75, 3.05) is 18.1 Å². The minimum absolute atomic E-state index is 0.108. The lowest BCUT2D eigenvalue weighted by molar-refractivity contribution is 0.0986. The van der Waals surface area contributed by atoms with Crippen LogP contribution in [0.25, 0.3) is 10.2 Å². The van der Waals surface area contributed by atoms with Gasteiger partial charge in [-0.05, 0) is 37.1 Å². The summed E-state index contributed by atoms with van der Waals surface area (Å²) in [6.07, 6.45) is 2.35. The van der Waals surface area contributed by atoms with Crippen molar-refractivity contribution < 1.29 is 9.53 Å². The number of carbonyl (C=O) groups is 1. The molecule has 6 heteroatoms. The van der Waals surface area contributed by atoms with Gasteiger partial charge in [0.05, 0.1) is 16.8 Å². The lowest BCUT2D eigenvalue weighted by atomic mass is 10.1. The molecule has 4 aromatic rings. The van der Waals surface area contributed by atoms with Gasteiger partial charge in [0.2, 0.25) is 5.88 Å². The number of amides is 1. The van der Waals surface area contributed by atoms with Crippen molar-refractivity contribution in [1.29, 1.82) is 0 Å². The molecule has 0 bridgehead atoms. The van der Waals surface area contributed by atoms with E-state index < -0.39 is 0 Å². The molecular weight excluding hydrogens is 382 g/mol. The summed E-state index contributed by atoms with van der Waals surface area (Å²) in [7, 11) is 0. The number of hydrogen-bond donors (Lipinski definition) is 0. The van der Waals surface area contributed by atoms with E-state index in [0.717, 1.165) is 16.6 Å². The number of fused-ring (bicyclic) bond motifs is 1. The minimum atomic E-state index is -0.108. The number of carbonyl (C=O) groups excluding carboxylic acids is 1. The van der Waals surface area contributed by atoms with Crippen LogP contribution in [0.5, 0.6) is 5.88 Å². The molecule has 2 aromatic carbocycles. The number of aromatic nitrogens is 2. The molecule has 146 valence electrons. The second-order valence-electron chi connectivity index (χ2n) is 6.47. The van der Waals surface area contributed by atoms with E-state index in [1.807, 2.05) is 49.4 Å². The highest BCUT2D eigenvalue weighted by atomic mass is 32.1. The molecule has 0 N–H and O–H groups in total. The quantitative estimate of drug-likeness (QED) is 0.437. The molecule has 0 atom stereocenters. The first-order valence-corrected chi connectivity index (χ1v) is 10.4. The molecule has 1 amide bonds. The molecule has 29 heavy (non-hydrogen) atoms. The maximum absolute atomic E-state index is 13.4. The number of anilines is 1. The van der Waals surface area contributed by atoms with Gasteiger partial charge in [-0.1, -0.05) is 53.8 Å². The third kappa shape index (κ3) is 4.43. The summed E-state index contributed by atoms with van der Waals surface area (Å²) in [6, 6.07) is 21.5. The predicted molar refractivity (Wildman–Crippen MR) is 117 cm³/mol. The zero-order chi connectivity index (χ0) is 20.1. The third-order valence-electron chi connectivity index (χ3n) is 4.50. The van der Waals surface area contributed by atoms with Crippen molar-refractivity contribution in [2.24, 2.45) is 0 Å². The van der Waals surface area contributed by atoms with Gasteiger partial charge in [-0.3, -0.25) is 9.69 Å². The fourth-order valence-electron chi connectivity index (χ4n) is 3.07. The summed E-state index contributed by atoms with van der Waals surface area (Å²) in [5, 5.41) is 0.696. The molecule has 0 aliphatic carbocycles. The van der Waals surface area contributed by atoms with Crippen LogP contribution in [0.4, 0.5) is 5.13 Å². The Morgan fingerprint density at radius 1 is 1.07 bits per heavy atom. The van der Waals surface area contributed by atoms with E-state index in [9.17, 15) is 4.79 Å². The Bertz CT molecular complexity index is 1080. The van der Waals surface area contributed by atoms with Gasteiger partial charge >= 0.3 is 0 Å². The molecule has 0 aliphatic rings. The lowest BCUT2D eigenvalue weighted by Crippen LogP contribution is -2.33. The monoisotopic (exact) mass is 403 g/mol. The molecular formula is C23H21N3O2S. The van der Waals surface area contributed by atoms with Gasteiger partial charge in [0.1, 0.15) is 0 Å². The Kier molecular flexibility index (Phi) is 5.81. The Hall–Kier alpha value is -3.25. The standard InChI is InChI=1S/C23H21N3O2S/c1-2-28-21-16-18(12-14-24-21)22(27)26(15-13-17-8-4-3-5-9-17)23-25-19-10-6-7-11-20(19)29-23/h3-12,14,16H,2,13,15H2,1H3. The average Bonchev–Trinajstić information content (AvgIpc) is 3.19. The fourth-order valence-corrected chi connectivity index (χ4v) is 4.06. The molecule has 0 saturated heterocycles. The van der Waals surface area contributed by atoms with Crippen LogP contribution >= 0.6 is 11.3 Å². The second-order valence-corrected chi connectivity index (χ2v) is 7.48. The van der Waals surface area contributed by atoms with Gasteiger partial charge in [0.15, 0.2) is 5.13 Å². The molecule has 0 fully saturated rings. The Morgan fingerprint density at radius 2 is 1.86 bits per heavy atom. The molecule has 2 heterocycles. The predicted octanol–water partition coefficient (Wildman–Crippen LogP) is 4.98. The number of thiazole rings is 1. The third-order valence-corrected chi connectivity index (χ3v) is 5.56. The van der Waals surface area contributed by atoms with E-state index in [2.05, 4.69) is 17.1 Å². The zero-order valence-electron chi connectivity index (χ0n) is 16.1. The van der Waals surface area contributed by atoms with Crippen LogP contribution in [0.2, 0.25) is 0 Å². The van der Waals surface area contributed by atoms with Crippen molar-refractivity contribution in [1.82, 2.24) is 9.97 Å². The van der Waals surface area contributed by atoms with Gasteiger partial charge in [-0.15, -0.1) is 0 Å². The van der Waals surface area contributed by atoms with Gasteiger partial charge in [-0.25, -0.2) is 9.97 Å². The highest BCUT2D eigenvalue weighted by Gasteiger charge is 2.22. The van der Waals surface area contributed by atoms with E-state index in [4.69, 9.17) is 9.72 Å². The number of para-hydroxylation sites is 1. The van der Waals surface area contributed by atoms with Gasteiger partial charge in [-0.2, -0.15) is 0 Å². The first-order chi connectivity index (χ1) is 14.2. The van der Waals surface area contributed by atoms with E-state index in [0.29, 0.717) is 29.7 Å². The SMILES string of the molecule is CCOc1cc(C(=O)N(CCc2ccccc2)c2nc3ccccc3s2)ccn1. The van der Waals surface area contributed by atoms with Gasteiger partial charge < -0.3 is 4.74 Å². The van der Waals surface area contributed by atoms with Gasteiger partial charge in [0, 0.05) is 24.4 Å². The number of pyridine rings is 1. The molecule has 0 unspecified atom stereocenters. The summed E-state index contributed by atoms with van der Waals surface area (Å²) >= 11 is 1.53. The molecule has 4 rings (SSSR count). The summed E-state index contributed by atoms with van der Waals surface area (Å²) in [5.41, 5.74) is 2.61. The van der Waals surface area contributed by atoms with E-state index in [1.165, 1.54) is 16.9 Å². The van der Waals surface area contributed by atoms with Crippen molar-refractivity contribution in [2.45, 2.75) is 13.3 Å². The molecule has 2 aromatic heterocycles. The van der Waals surface area contributed by atoms with Crippen LogP contribution in [0, 0.1) is 0 Å². The molecule has 0 spiro atoms. The highest BCUT2D eigenvalue weighted by Crippen LogP contribution is 2.30. The fraction of sp³-hybridized carbons (Fsp3) is 0.174. The molecule has 5 nitrogen and oxygen atoms in total. The summed E-state index contributed by atoms with van der Waals surface area (Å²) in [5.74, 6) is 0.342. The van der Waals surface area contributed by atoms with Crippen LogP contribution in [0.3, 0.4) is 0 Å². The molecule has 0 radical (unpaired) electrons. The Morgan fingerprint density at radius 3 is 2.66 bits per heavy atom. The smallest absolute Gasteiger partial charge is 0.260 e. The van der Waals surface area contributed by atoms with Crippen LogP contribution in [0.15, 0.2) is 72.9 Å². The van der Waals surface area contributed by atoms with Crippen molar-refractivity contribution >= 4 is 32.6 Å². The van der Waals surface area contributed by atoms with E-state index in [1.54, 1.807) is 23.2 Å². The first kappa shape index (κ1) is 19.1. The Balaban J connectivity index is 1.66. The van der Waals surface area contributed by atoms with Crippen LogP contribution in [-0.4, -0.2) is 29.0 Å². The molecule has 0 saturated carbocycles. The van der Waals surface area contributed by atoms with Crippen molar-refractivity contribution in [3.8, 4) is 5.88 Å². The van der Waals surface area contributed by atoms with E-state index >= 15 is 0 Å². The number of benzene rings is 2. The maximum atomic E-state index is 13.4. The largest absolute Gasteiger partial charge is 0.478 e. The lowest BCUT2D eigenvalue weighted by Gasteiger charge is -2.20. The van der Waals surface area contributed by atoms with Crippen LogP contribution in [0.1, 0.15) is 22.8 Å². The average molecular weight is 404 g/mol. The van der Waals surface area contributed by atoms with Crippen LogP contribution in [-0.2, 0) is 6.42 Å². The first-order valence-electron chi connectivity index (χ1n) is 9.55. The zero-order valence-corrected chi connectivity index (χ0v) is 16.9. The normalized spacial score (nSPS) is 10.8. The maximum Gasteiger partial charge on any atom is 0.260 e. The summed E-state index contributed by atoms with van der Waals surface area (Å²) in [4.78, 5) is 24.0. The van der Waals surface area contributed by atoms with E-state index in [-0.39, 0.29) is 5.91 Å². The Labute approximate surface area is 173 Å². The summed E-state index contributed by atoms with van der Waals surface area (Å²) in [6.45, 7) is 2.93. The second kappa shape index (κ2) is 8.84. The number of rotatable bonds is 7. The summed E-state index contributed by atoms with van der Waals surface area (Å²) < 4.78 is 6.52. The number of hydrogen-bond acceptors (Lipinski definition) is 5. The van der Waals surface area contributed by atoms with Gasteiger partial charge in [0.25, 0.3) is 5.91 Å². The molecule has 0 aliphatic heterocycles.